The Hall–Kier alpha value is -1.41. The fourth-order valence-corrected chi connectivity index (χ4v) is 0.954. The summed E-state index contributed by atoms with van der Waals surface area (Å²) in [6.07, 6.45) is -6.69. The first-order chi connectivity index (χ1) is 7.54. The van der Waals surface area contributed by atoms with Crippen LogP contribution in [0, 0.1) is 0 Å². The molecule has 0 bridgehead atoms. The van der Waals surface area contributed by atoms with Crippen molar-refractivity contribution in [1.82, 2.24) is 4.90 Å². The van der Waals surface area contributed by atoms with Crippen molar-refractivity contribution < 1.29 is 36.6 Å². The predicted molar refractivity (Wildman–Crippen MR) is 45.5 cm³/mol. The number of carboxylic acids is 1. The number of aliphatic carboxylic acids is 1. The Morgan fingerprint density at radius 2 is 1.65 bits per heavy atom. The standard InChI is InChI=1S/C8H10F5NO3/c1-2-14(4-3-5(15)16)6(17)7(9,10)8(11,12)13/h2-4H2,1H3,(H,15,16). The number of carboxylic acid groups (broad SMARTS) is 1. The highest BCUT2D eigenvalue weighted by atomic mass is 19.4. The molecule has 0 aliphatic rings. The molecule has 0 saturated heterocycles. The third kappa shape index (κ3) is 3.82. The van der Waals surface area contributed by atoms with Gasteiger partial charge < -0.3 is 10.0 Å². The van der Waals surface area contributed by atoms with E-state index in [4.69, 9.17) is 5.11 Å². The van der Waals surface area contributed by atoms with Crippen molar-refractivity contribution in [3.63, 3.8) is 0 Å². The van der Waals surface area contributed by atoms with Crippen LogP contribution in [-0.2, 0) is 9.59 Å². The van der Waals surface area contributed by atoms with Crippen LogP contribution >= 0.6 is 0 Å². The average molecular weight is 263 g/mol. The monoisotopic (exact) mass is 263 g/mol. The molecule has 0 aliphatic carbocycles. The summed E-state index contributed by atoms with van der Waals surface area (Å²) >= 11 is 0. The van der Waals surface area contributed by atoms with Crippen LogP contribution in [0.5, 0.6) is 0 Å². The Bertz CT molecular complexity index is 302. The van der Waals surface area contributed by atoms with Crippen molar-refractivity contribution in [3.05, 3.63) is 0 Å². The Morgan fingerprint density at radius 1 is 1.18 bits per heavy atom. The minimum absolute atomic E-state index is 0.154. The van der Waals surface area contributed by atoms with Crippen LogP contribution in [0.25, 0.3) is 0 Å². The third-order valence-corrected chi connectivity index (χ3v) is 1.89. The summed E-state index contributed by atoms with van der Waals surface area (Å²) in [5.41, 5.74) is 0. The molecule has 0 atom stereocenters. The molecule has 1 N–H and O–H groups in total. The van der Waals surface area contributed by atoms with E-state index in [1.165, 1.54) is 6.92 Å². The SMILES string of the molecule is CCN(CCC(=O)O)C(=O)C(F)(F)C(F)(F)F. The molecule has 0 unspecified atom stereocenters. The van der Waals surface area contributed by atoms with Gasteiger partial charge in [0.1, 0.15) is 0 Å². The van der Waals surface area contributed by atoms with Gasteiger partial charge in [-0.05, 0) is 6.92 Å². The fourth-order valence-electron chi connectivity index (χ4n) is 0.954. The summed E-state index contributed by atoms with van der Waals surface area (Å²) < 4.78 is 60.8. The number of hydrogen-bond donors (Lipinski definition) is 1. The second-order valence-corrected chi connectivity index (χ2v) is 3.10. The number of alkyl halides is 5. The maximum absolute atomic E-state index is 12.6. The molecule has 0 heterocycles. The quantitative estimate of drug-likeness (QED) is 0.765. The second-order valence-electron chi connectivity index (χ2n) is 3.10. The summed E-state index contributed by atoms with van der Waals surface area (Å²) in [7, 11) is 0. The highest BCUT2D eigenvalue weighted by Gasteiger charge is 2.64. The summed E-state index contributed by atoms with van der Waals surface area (Å²) in [6, 6.07) is 0. The highest BCUT2D eigenvalue weighted by Crippen LogP contribution is 2.36. The van der Waals surface area contributed by atoms with Crippen LogP contribution in [0.4, 0.5) is 22.0 Å². The minimum atomic E-state index is -5.99. The molecular formula is C8H10F5NO3. The molecule has 0 spiro atoms. The van der Waals surface area contributed by atoms with Crippen LogP contribution in [0.15, 0.2) is 0 Å². The van der Waals surface area contributed by atoms with Crippen molar-refractivity contribution in [2.75, 3.05) is 13.1 Å². The minimum Gasteiger partial charge on any atom is -0.481 e. The zero-order valence-corrected chi connectivity index (χ0v) is 8.72. The third-order valence-electron chi connectivity index (χ3n) is 1.89. The van der Waals surface area contributed by atoms with E-state index < -0.39 is 43.5 Å². The maximum Gasteiger partial charge on any atom is 0.463 e. The van der Waals surface area contributed by atoms with Crippen molar-refractivity contribution >= 4 is 11.9 Å². The number of hydrogen-bond acceptors (Lipinski definition) is 2. The average Bonchev–Trinajstić information content (AvgIpc) is 2.16. The summed E-state index contributed by atoms with van der Waals surface area (Å²) in [6.45, 7) is 0.0420. The molecule has 1 amide bonds. The van der Waals surface area contributed by atoms with Crippen LogP contribution < -0.4 is 0 Å². The van der Waals surface area contributed by atoms with E-state index in [1.54, 1.807) is 0 Å². The number of rotatable bonds is 5. The normalized spacial score (nSPS) is 12.4. The van der Waals surface area contributed by atoms with Crippen molar-refractivity contribution in [1.29, 1.82) is 0 Å². The largest absolute Gasteiger partial charge is 0.481 e. The second kappa shape index (κ2) is 5.28. The van der Waals surface area contributed by atoms with Gasteiger partial charge in [0, 0.05) is 13.1 Å². The van der Waals surface area contributed by atoms with E-state index in [1.807, 2.05) is 0 Å². The lowest BCUT2D eigenvalue weighted by Crippen LogP contribution is -2.52. The fraction of sp³-hybridized carbons (Fsp3) is 0.750. The molecule has 0 aliphatic heterocycles. The van der Waals surface area contributed by atoms with E-state index in [9.17, 15) is 31.5 Å². The molecule has 0 aromatic rings. The smallest absolute Gasteiger partial charge is 0.463 e. The molecule has 100 valence electrons. The van der Waals surface area contributed by atoms with Gasteiger partial charge in [0.25, 0.3) is 0 Å². The molecular weight excluding hydrogens is 253 g/mol. The molecule has 0 aromatic heterocycles. The number of carbonyl (C=O) groups is 2. The van der Waals surface area contributed by atoms with Gasteiger partial charge in [0.15, 0.2) is 0 Å². The molecule has 0 fully saturated rings. The van der Waals surface area contributed by atoms with Gasteiger partial charge in [0.05, 0.1) is 6.42 Å². The van der Waals surface area contributed by atoms with E-state index in [0.29, 0.717) is 0 Å². The lowest BCUT2D eigenvalue weighted by molar-refractivity contribution is -0.274. The van der Waals surface area contributed by atoms with Crippen molar-refractivity contribution in [3.8, 4) is 0 Å². The summed E-state index contributed by atoms with van der Waals surface area (Å²) in [5, 5.41) is 8.25. The number of carbonyl (C=O) groups excluding carboxylic acids is 1. The van der Waals surface area contributed by atoms with Gasteiger partial charge in [-0.3, -0.25) is 9.59 Å². The molecule has 4 nitrogen and oxygen atoms in total. The van der Waals surface area contributed by atoms with Crippen LogP contribution in [0.3, 0.4) is 0 Å². The molecule has 9 heteroatoms. The first-order valence-electron chi connectivity index (χ1n) is 4.49. The van der Waals surface area contributed by atoms with Crippen molar-refractivity contribution in [2.24, 2.45) is 0 Å². The molecule has 0 rings (SSSR count). The summed E-state index contributed by atoms with van der Waals surface area (Å²) in [4.78, 5) is 21.2. The zero-order chi connectivity index (χ0) is 13.9. The van der Waals surface area contributed by atoms with E-state index in [0.717, 1.165) is 0 Å². The first-order valence-corrected chi connectivity index (χ1v) is 4.49. The van der Waals surface area contributed by atoms with Gasteiger partial charge in [-0.1, -0.05) is 0 Å². The Labute approximate surface area is 93.0 Å². The van der Waals surface area contributed by atoms with Crippen LogP contribution in [-0.4, -0.2) is 47.1 Å². The Kier molecular flexibility index (Phi) is 4.84. The summed E-state index contributed by atoms with van der Waals surface area (Å²) in [5.74, 6) is -9.33. The van der Waals surface area contributed by atoms with E-state index in [-0.39, 0.29) is 4.90 Å². The Morgan fingerprint density at radius 3 is 1.94 bits per heavy atom. The highest BCUT2D eigenvalue weighted by molar-refractivity contribution is 5.84. The number of nitrogens with zero attached hydrogens (tertiary/aromatic N) is 1. The molecule has 0 radical (unpaired) electrons. The maximum atomic E-state index is 12.6. The lowest BCUT2D eigenvalue weighted by atomic mass is 10.2. The topological polar surface area (TPSA) is 57.6 Å². The lowest BCUT2D eigenvalue weighted by Gasteiger charge is -2.26. The molecule has 0 saturated carbocycles. The van der Waals surface area contributed by atoms with Gasteiger partial charge >= 0.3 is 24.0 Å². The number of halogens is 5. The zero-order valence-electron chi connectivity index (χ0n) is 8.72. The van der Waals surface area contributed by atoms with E-state index >= 15 is 0 Å². The van der Waals surface area contributed by atoms with Gasteiger partial charge in [-0.2, -0.15) is 22.0 Å². The van der Waals surface area contributed by atoms with Gasteiger partial charge in [-0.25, -0.2) is 0 Å². The first kappa shape index (κ1) is 15.6. The Balaban J connectivity index is 4.81. The molecule has 0 aromatic carbocycles. The predicted octanol–water partition coefficient (Wildman–Crippen LogP) is 1.51. The van der Waals surface area contributed by atoms with Crippen LogP contribution in [0.1, 0.15) is 13.3 Å². The van der Waals surface area contributed by atoms with Crippen LogP contribution in [0.2, 0.25) is 0 Å². The number of amides is 1. The van der Waals surface area contributed by atoms with Gasteiger partial charge in [0.2, 0.25) is 0 Å². The van der Waals surface area contributed by atoms with Gasteiger partial charge in [-0.15, -0.1) is 0 Å². The van der Waals surface area contributed by atoms with Crippen molar-refractivity contribution in [2.45, 2.75) is 25.4 Å². The van der Waals surface area contributed by atoms with E-state index in [2.05, 4.69) is 0 Å². The molecule has 17 heavy (non-hydrogen) atoms.